The molecule has 1 unspecified atom stereocenters. The number of urea groups is 2. The largest absolute Gasteiger partial charge is 0.368 e. The van der Waals surface area contributed by atoms with Crippen molar-refractivity contribution in [1.29, 1.82) is 5.26 Å². The number of halogens is 1. The summed E-state index contributed by atoms with van der Waals surface area (Å²) in [5.74, 6) is 1.09. The van der Waals surface area contributed by atoms with Crippen molar-refractivity contribution in [3.63, 3.8) is 0 Å². The molecule has 5 amide bonds. The number of nitriles is 1. The normalized spacial score (nSPS) is 20.5. The Balaban J connectivity index is 0.779. The maximum Gasteiger partial charge on any atom is 0.328 e. The lowest BCUT2D eigenvalue weighted by molar-refractivity contribution is -0.120. The fourth-order valence-electron chi connectivity index (χ4n) is 8.61. The lowest BCUT2D eigenvalue weighted by atomic mass is 9.95. The number of anilines is 4. The summed E-state index contributed by atoms with van der Waals surface area (Å²) in [6.45, 7) is 9.29. The highest BCUT2D eigenvalue weighted by Gasteiger charge is 2.30. The van der Waals surface area contributed by atoms with Crippen molar-refractivity contribution >= 4 is 63.5 Å². The maximum absolute atomic E-state index is 13.2. The molecule has 14 nitrogen and oxygen atoms in total. The van der Waals surface area contributed by atoms with Gasteiger partial charge in [0, 0.05) is 94.7 Å². The Hall–Kier alpha value is -5.39. The summed E-state index contributed by atoms with van der Waals surface area (Å²) in [4.78, 5) is 57.2. The number of nitrogens with one attached hydrogen (secondary N) is 2. The number of hydrogen-bond donors (Lipinski definition) is 2. The summed E-state index contributed by atoms with van der Waals surface area (Å²) in [7, 11) is 0. The molecule has 2 N–H and O–H groups in total. The topological polar surface area (TPSA) is 146 Å². The highest BCUT2D eigenvalue weighted by atomic mass is 35.5. The van der Waals surface area contributed by atoms with Crippen LogP contribution in [0.15, 0.2) is 61.1 Å². The molecular formula is C40H46ClN11O3. The van der Waals surface area contributed by atoms with Crippen LogP contribution in [0.1, 0.15) is 50.6 Å². The Morgan fingerprint density at radius 2 is 1.75 bits per heavy atom. The number of hydrogen-bond acceptors (Lipinski definition) is 9. The zero-order valence-corrected chi connectivity index (χ0v) is 31.8. The molecule has 0 radical (unpaired) electrons. The molecule has 1 atom stereocenters. The first-order valence-electron chi connectivity index (χ1n) is 19.3. The zero-order chi connectivity index (χ0) is 38.1. The average Bonchev–Trinajstić information content (AvgIpc) is 3.63. The van der Waals surface area contributed by atoms with Crippen LogP contribution in [0, 0.1) is 17.2 Å². The number of piperidine rings is 2. The second kappa shape index (κ2) is 15.8. The molecule has 4 fully saturated rings. The number of likely N-dealkylation sites (tertiary alicyclic amines) is 1. The number of amides is 5. The van der Waals surface area contributed by atoms with E-state index >= 15 is 0 Å². The monoisotopic (exact) mass is 763 g/mol. The van der Waals surface area contributed by atoms with Crippen LogP contribution in [-0.4, -0.2) is 107 Å². The van der Waals surface area contributed by atoms with Crippen LogP contribution in [0.2, 0.25) is 5.02 Å². The van der Waals surface area contributed by atoms with E-state index in [1.165, 1.54) is 0 Å². The fraction of sp³-hybridized carbons (Fsp3) is 0.450. The van der Waals surface area contributed by atoms with Gasteiger partial charge in [0.1, 0.15) is 6.07 Å². The summed E-state index contributed by atoms with van der Waals surface area (Å²) < 4.78 is 2.37. The van der Waals surface area contributed by atoms with E-state index < -0.39 is 0 Å². The van der Waals surface area contributed by atoms with Gasteiger partial charge in [-0.25, -0.2) is 19.6 Å². The van der Waals surface area contributed by atoms with Crippen LogP contribution < -0.4 is 25.3 Å². The van der Waals surface area contributed by atoms with Crippen LogP contribution in [0.5, 0.6) is 0 Å². The van der Waals surface area contributed by atoms with Crippen molar-refractivity contribution in [2.75, 3.05) is 78.9 Å². The third-order valence-corrected chi connectivity index (χ3v) is 12.0. The van der Waals surface area contributed by atoms with E-state index in [1.54, 1.807) is 23.4 Å². The Labute approximate surface area is 325 Å². The van der Waals surface area contributed by atoms with Crippen LogP contribution in [0.3, 0.4) is 0 Å². The van der Waals surface area contributed by atoms with Gasteiger partial charge in [0.2, 0.25) is 11.9 Å². The minimum atomic E-state index is -0.354. The van der Waals surface area contributed by atoms with Crippen molar-refractivity contribution in [3.8, 4) is 6.07 Å². The number of fused-ring (bicyclic) bond motifs is 1. The first-order valence-corrected chi connectivity index (χ1v) is 19.6. The lowest BCUT2D eigenvalue weighted by Gasteiger charge is -2.41. The van der Waals surface area contributed by atoms with E-state index in [0.717, 1.165) is 80.7 Å². The molecule has 0 saturated carbocycles. The number of carbonyl (C=O) groups excluding carboxylic acids is 3. The molecule has 0 bridgehead atoms. The highest BCUT2D eigenvalue weighted by molar-refractivity contribution is 6.32. The standard InChI is InChI=1S/C40H46ClN11O3/c1-27-25-49(32-6-5-29(22-42)34(41)21-32)19-20-50(27)39(54)45-30-23-43-38(44-24-30)48-15-7-28(8-16-48)26-47-13-9-31(10-14-47)51-17-11-33-35(51)3-2-4-36(33)52-18-12-37(53)46-40(52)55/h2-6,11,17,21,23-24,27-28,31H,7-10,12-16,18-20,25-26H2,1H3,(H,45,54)(H,46,53,55). The number of rotatable bonds is 7. The second-order valence-electron chi connectivity index (χ2n) is 15.1. The van der Waals surface area contributed by atoms with Gasteiger partial charge in [-0.05, 0) is 74.9 Å². The molecular weight excluding hydrogens is 718 g/mol. The maximum atomic E-state index is 13.2. The van der Waals surface area contributed by atoms with Crippen LogP contribution in [0.25, 0.3) is 10.9 Å². The molecule has 8 rings (SSSR count). The van der Waals surface area contributed by atoms with Crippen molar-refractivity contribution in [3.05, 3.63) is 71.6 Å². The molecule has 6 heterocycles. The summed E-state index contributed by atoms with van der Waals surface area (Å²) in [5.41, 5.74) is 3.94. The van der Waals surface area contributed by atoms with Gasteiger partial charge in [0.25, 0.3) is 0 Å². The molecule has 4 saturated heterocycles. The lowest BCUT2D eigenvalue weighted by Crippen LogP contribution is -2.55. The van der Waals surface area contributed by atoms with Gasteiger partial charge in [-0.15, -0.1) is 0 Å². The number of benzene rings is 2. The summed E-state index contributed by atoms with van der Waals surface area (Å²) in [6, 6.07) is 15.6. The molecule has 15 heteroatoms. The van der Waals surface area contributed by atoms with Crippen molar-refractivity contribution in [2.24, 2.45) is 5.92 Å². The van der Waals surface area contributed by atoms with Crippen LogP contribution in [0.4, 0.5) is 32.6 Å². The molecule has 0 aliphatic carbocycles. The molecule has 4 aliphatic heterocycles. The van der Waals surface area contributed by atoms with Gasteiger partial charge in [-0.1, -0.05) is 17.7 Å². The average molecular weight is 764 g/mol. The molecule has 2 aromatic carbocycles. The second-order valence-corrected chi connectivity index (χ2v) is 15.5. The van der Waals surface area contributed by atoms with Crippen LogP contribution in [-0.2, 0) is 4.79 Å². The van der Waals surface area contributed by atoms with Crippen molar-refractivity contribution in [2.45, 2.75) is 51.1 Å². The number of piperazine rings is 1. The van der Waals surface area contributed by atoms with Crippen molar-refractivity contribution < 1.29 is 14.4 Å². The smallest absolute Gasteiger partial charge is 0.328 e. The van der Waals surface area contributed by atoms with Crippen LogP contribution >= 0.6 is 11.6 Å². The molecule has 4 aliphatic rings. The number of nitrogens with zero attached hydrogens (tertiary/aromatic N) is 9. The van der Waals surface area contributed by atoms with E-state index in [9.17, 15) is 19.6 Å². The minimum Gasteiger partial charge on any atom is -0.368 e. The molecule has 0 spiro atoms. The van der Waals surface area contributed by atoms with E-state index in [0.29, 0.717) is 66.8 Å². The Morgan fingerprint density at radius 3 is 2.45 bits per heavy atom. The Kier molecular flexibility index (Phi) is 10.5. The van der Waals surface area contributed by atoms with Gasteiger partial charge in [-0.2, -0.15) is 5.26 Å². The van der Waals surface area contributed by atoms with E-state index in [2.05, 4.69) is 64.3 Å². The third kappa shape index (κ3) is 7.77. The van der Waals surface area contributed by atoms with E-state index in [1.807, 2.05) is 36.1 Å². The first kappa shape index (κ1) is 36.6. The first-order chi connectivity index (χ1) is 26.7. The Morgan fingerprint density at radius 1 is 0.964 bits per heavy atom. The molecule has 2 aromatic heterocycles. The predicted molar refractivity (Wildman–Crippen MR) is 213 cm³/mol. The predicted octanol–water partition coefficient (Wildman–Crippen LogP) is 5.70. The van der Waals surface area contributed by atoms with Crippen molar-refractivity contribution in [1.82, 2.24) is 29.7 Å². The number of carbonyl (C=O) groups is 3. The highest BCUT2D eigenvalue weighted by Crippen LogP contribution is 2.34. The van der Waals surface area contributed by atoms with Gasteiger partial charge in [-0.3, -0.25) is 15.0 Å². The molecule has 4 aromatic rings. The van der Waals surface area contributed by atoms with Gasteiger partial charge < -0.3 is 29.5 Å². The van der Waals surface area contributed by atoms with E-state index in [-0.39, 0.29) is 24.0 Å². The third-order valence-electron chi connectivity index (χ3n) is 11.7. The van der Waals surface area contributed by atoms with Gasteiger partial charge in [0.15, 0.2) is 0 Å². The number of imide groups is 1. The van der Waals surface area contributed by atoms with Gasteiger partial charge in [0.05, 0.1) is 39.9 Å². The SMILES string of the molecule is CC1CN(c2ccc(C#N)c(Cl)c2)CCN1C(=O)Nc1cnc(N2CCC(CN3CCC(n4ccc5c(N6CCC(=O)NC6=O)cccc54)CC3)CC2)nc1. The molecule has 55 heavy (non-hydrogen) atoms. The Bertz CT molecular complexity index is 2100. The molecule has 286 valence electrons. The minimum absolute atomic E-state index is 0.0312. The number of aromatic nitrogens is 3. The summed E-state index contributed by atoms with van der Waals surface area (Å²) >= 11 is 6.26. The quantitative estimate of drug-likeness (QED) is 0.242. The van der Waals surface area contributed by atoms with Gasteiger partial charge >= 0.3 is 12.1 Å². The summed E-state index contributed by atoms with van der Waals surface area (Å²) in [6.07, 6.45) is 10.2. The fourth-order valence-corrected chi connectivity index (χ4v) is 8.83. The summed E-state index contributed by atoms with van der Waals surface area (Å²) in [5, 5.41) is 16.1. The van der Waals surface area contributed by atoms with E-state index in [4.69, 9.17) is 11.6 Å². The zero-order valence-electron chi connectivity index (χ0n) is 31.0.